The van der Waals surface area contributed by atoms with Crippen molar-refractivity contribution >= 4 is 11.6 Å². The van der Waals surface area contributed by atoms with Gasteiger partial charge in [0.1, 0.15) is 5.75 Å². The summed E-state index contributed by atoms with van der Waals surface area (Å²) in [7, 11) is 1.70. The fourth-order valence-corrected chi connectivity index (χ4v) is 2.11. The van der Waals surface area contributed by atoms with Gasteiger partial charge >= 0.3 is 0 Å². The Morgan fingerprint density at radius 3 is 2.70 bits per heavy atom. The van der Waals surface area contributed by atoms with Gasteiger partial charge in [-0.3, -0.25) is 0 Å². The molecule has 0 aliphatic rings. The molecule has 3 nitrogen and oxygen atoms in total. The first kappa shape index (κ1) is 17.3. The number of halogens is 1. The molecule has 0 aliphatic heterocycles. The SMILES string of the molecule is COCCNCc1ccc(OCCCC(C)C)c(Cl)c1. The predicted molar refractivity (Wildman–Crippen MR) is 84.6 cm³/mol. The molecule has 0 saturated carbocycles. The maximum atomic E-state index is 6.23. The third kappa shape index (κ3) is 7.13. The molecular formula is C16H26ClNO2. The van der Waals surface area contributed by atoms with Crippen LogP contribution in [0.25, 0.3) is 0 Å². The number of methoxy groups -OCH3 is 1. The van der Waals surface area contributed by atoms with Gasteiger partial charge in [0.25, 0.3) is 0 Å². The summed E-state index contributed by atoms with van der Waals surface area (Å²) in [6, 6.07) is 5.95. The summed E-state index contributed by atoms with van der Waals surface area (Å²) in [5.41, 5.74) is 1.15. The van der Waals surface area contributed by atoms with Crippen molar-refractivity contribution in [2.75, 3.05) is 26.9 Å². The molecule has 1 rings (SSSR count). The monoisotopic (exact) mass is 299 g/mol. The van der Waals surface area contributed by atoms with Crippen molar-refractivity contribution < 1.29 is 9.47 Å². The van der Waals surface area contributed by atoms with Gasteiger partial charge in [-0.2, -0.15) is 0 Å². The molecule has 1 N–H and O–H groups in total. The first-order chi connectivity index (χ1) is 9.63. The first-order valence-electron chi connectivity index (χ1n) is 7.24. The van der Waals surface area contributed by atoms with Crippen molar-refractivity contribution in [3.8, 4) is 5.75 Å². The summed E-state index contributed by atoms with van der Waals surface area (Å²) >= 11 is 6.23. The Kier molecular flexibility index (Phi) is 8.67. The minimum atomic E-state index is 0.681. The van der Waals surface area contributed by atoms with Crippen molar-refractivity contribution in [2.24, 2.45) is 5.92 Å². The van der Waals surface area contributed by atoms with E-state index in [1.165, 1.54) is 6.42 Å². The van der Waals surface area contributed by atoms with Gasteiger partial charge in [0.15, 0.2) is 0 Å². The van der Waals surface area contributed by atoms with Gasteiger partial charge in [-0.1, -0.05) is 31.5 Å². The zero-order chi connectivity index (χ0) is 14.8. The quantitative estimate of drug-likeness (QED) is 0.665. The van der Waals surface area contributed by atoms with Crippen LogP contribution in [-0.2, 0) is 11.3 Å². The maximum absolute atomic E-state index is 6.23. The number of nitrogens with one attached hydrogen (secondary N) is 1. The molecule has 0 spiro atoms. The van der Waals surface area contributed by atoms with Gasteiger partial charge < -0.3 is 14.8 Å². The minimum absolute atomic E-state index is 0.681. The van der Waals surface area contributed by atoms with E-state index in [1.807, 2.05) is 18.2 Å². The topological polar surface area (TPSA) is 30.5 Å². The predicted octanol–water partition coefficient (Wildman–Crippen LogP) is 3.89. The normalized spacial score (nSPS) is 11.1. The van der Waals surface area contributed by atoms with Crippen molar-refractivity contribution in [1.29, 1.82) is 0 Å². The molecule has 0 unspecified atom stereocenters. The Bertz CT molecular complexity index is 383. The van der Waals surface area contributed by atoms with E-state index in [0.717, 1.165) is 43.3 Å². The van der Waals surface area contributed by atoms with E-state index in [-0.39, 0.29) is 0 Å². The summed E-state index contributed by atoms with van der Waals surface area (Å²) in [4.78, 5) is 0. The maximum Gasteiger partial charge on any atom is 0.137 e. The lowest BCUT2D eigenvalue weighted by Crippen LogP contribution is -2.18. The second kappa shape index (κ2) is 10.0. The van der Waals surface area contributed by atoms with Gasteiger partial charge in [0.05, 0.1) is 18.2 Å². The van der Waals surface area contributed by atoms with E-state index < -0.39 is 0 Å². The van der Waals surface area contributed by atoms with Crippen molar-refractivity contribution in [3.63, 3.8) is 0 Å². The van der Waals surface area contributed by atoms with Crippen molar-refractivity contribution in [3.05, 3.63) is 28.8 Å². The van der Waals surface area contributed by atoms with E-state index in [0.29, 0.717) is 11.6 Å². The zero-order valence-electron chi connectivity index (χ0n) is 12.7. The Hall–Kier alpha value is -0.770. The molecule has 0 aliphatic carbocycles. The molecule has 0 saturated heterocycles. The van der Waals surface area contributed by atoms with Crippen LogP contribution in [0.5, 0.6) is 5.75 Å². The number of hydrogen-bond acceptors (Lipinski definition) is 3. The molecular weight excluding hydrogens is 274 g/mol. The van der Waals surface area contributed by atoms with Crippen LogP contribution < -0.4 is 10.1 Å². The summed E-state index contributed by atoms with van der Waals surface area (Å²) in [6.45, 7) is 7.50. The van der Waals surface area contributed by atoms with E-state index >= 15 is 0 Å². The van der Waals surface area contributed by atoms with Gasteiger partial charge in [0.2, 0.25) is 0 Å². The molecule has 0 heterocycles. The van der Waals surface area contributed by atoms with Crippen LogP contribution in [0.4, 0.5) is 0 Å². The Balaban J connectivity index is 2.35. The summed E-state index contributed by atoms with van der Waals surface area (Å²) in [5, 5.41) is 3.97. The lowest BCUT2D eigenvalue weighted by Gasteiger charge is -2.11. The first-order valence-corrected chi connectivity index (χ1v) is 7.62. The molecule has 1 aromatic rings. The van der Waals surface area contributed by atoms with Crippen molar-refractivity contribution in [2.45, 2.75) is 33.2 Å². The van der Waals surface area contributed by atoms with Crippen LogP contribution in [0.2, 0.25) is 5.02 Å². The minimum Gasteiger partial charge on any atom is -0.492 e. The second-order valence-corrected chi connectivity index (χ2v) is 5.73. The van der Waals surface area contributed by atoms with Gasteiger partial charge in [-0.15, -0.1) is 0 Å². The average Bonchev–Trinajstić information content (AvgIpc) is 2.41. The van der Waals surface area contributed by atoms with Crippen LogP contribution >= 0.6 is 11.6 Å². The molecule has 0 fully saturated rings. The molecule has 114 valence electrons. The van der Waals surface area contributed by atoms with E-state index in [1.54, 1.807) is 7.11 Å². The zero-order valence-corrected chi connectivity index (χ0v) is 13.5. The van der Waals surface area contributed by atoms with Gasteiger partial charge in [0, 0.05) is 20.2 Å². The largest absolute Gasteiger partial charge is 0.492 e. The highest BCUT2D eigenvalue weighted by Crippen LogP contribution is 2.25. The second-order valence-electron chi connectivity index (χ2n) is 5.32. The van der Waals surface area contributed by atoms with Crippen molar-refractivity contribution in [1.82, 2.24) is 5.32 Å². The van der Waals surface area contributed by atoms with E-state index in [4.69, 9.17) is 21.1 Å². The van der Waals surface area contributed by atoms with Crippen LogP contribution in [-0.4, -0.2) is 26.9 Å². The highest BCUT2D eigenvalue weighted by molar-refractivity contribution is 6.32. The number of benzene rings is 1. The number of ether oxygens (including phenoxy) is 2. The molecule has 20 heavy (non-hydrogen) atoms. The Labute approximate surface area is 127 Å². The number of rotatable bonds is 10. The molecule has 0 amide bonds. The summed E-state index contributed by atoms with van der Waals surface area (Å²) < 4.78 is 10.7. The fraction of sp³-hybridized carbons (Fsp3) is 0.625. The van der Waals surface area contributed by atoms with Crippen LogP contribution in [0.1, 0.15) is 32.3 Å². The molecule has 0 radical (unpaired) electrons. The van der Waals surface area contributed by atoms with Crippen LogP contribution in [0, 0.1) is 5.92 Å². The average molecular weight is 300 g/mol. The summed E-state index contributed by atoms with van der Waals surface area (Å²) in [6.07, 6.45) is 2.24. The third-order valence-electron chi connectivity index (χ3n) is 2.99. The van der Waals surface area contributed by atoms with E-state index in [9.17, 15) is 0 Å². The molecule has 4 heteroatoms. The smallest absolute Gasteiger partial charge is 0.137 e. The lowest BCUT2D eigenvalue weighted by atomic mass is 10.1. The summed E-state index contributed by atoms with van der Waals surface area (Å²) in [5.74, 6) is 1.49. The van der Waals surface area contributed by atoms with Crippen LogP contribution in [0.15, 0.2) is 18.2 Å². The lowest BCUT2D eigenvalue weighted by molar-refractivity contribution is 0.199. The van der Waals surface area contributed by atoms with E-state index in [2.05, 4.69) is 19.2 Å². The molecule has 0 aromatic heterocycles. The highest BCUT2D eigenvalue weighted by Gasteiger charge is 2.03. The third-order valence-corrected chi connectivity index (χ3v) is 3.29. The fourth-order valence-electron chi connectivity index (χ4n) is 1.85. The molecule has 1 aromatic carbocycles. The molecule has 0 atom stereocenters. The highest BCUT2D eigenvalue weighted by atomic mass is 35.5. The van der Waals surface area contributed by atoms with Crippen LogP contribution in [0.3, 0.4) is 0 Å². The molecule has 0 bridgehead atoms. The van der Waals surface area contributed by atoms with Gasteiger partial charge in [-0.25, -0.2) is 0 Å². The standard InChI is InChI=1S/C16H26ClNO2/c1-13(2)5-4-9-20-16-7-6-14(11-15(16)17)12-18-8-10-19-3/h6-7,11,13,18H,4-5,8-10,12H2,1-3H3. The Morgan fingerprint density at radius 2 is 2.05 bits per heavy atom. The van der Waals surface area contributed by atoms with Gasteiger partial charge in [-0.05, 0) is 36.5 Å². The Morgan fingerprint density at radius 1 is 1.25 bits per heavy atom. The number of hydrogen-bond donors (Lipinski definition) is 1.